The van der Waals surface area contributed by atoms with Gasteiger partial charge in [0.1, 0.15) is 0 Å². The number of nitrogens with zero attached hydrogens (tertiary/aromatic N) is 1. The first kappa shape index (κ1) is 14.5. The Bertz CT molecular complexity index is 428. The van der Waals surface area contributed by atoms with E-state index in [0.29, 0.717) is 12.3 Å². The number of carbonyl (C=O) groups is 1. The Labute approximate surface area is 122 Å². The molecular formula is C15H20BrNO2. The smallest absolute Gasteiger partial charge is 0.222 e. The van der Waals surface area contributed by atoms with Crippen molar-refractivity contribution >= 4 is 21.8 Å². The van der Waals surface area contributed by atoms with Gasteiger partial charge in [-0.15, -0.1) is 0 Å². The number of likely N-dealkylation sites (tertiary alicyclic amines) is 1. The molecule has 0 unspecified atom stereocenters. The summed E-state index contributed by atoms with van der Waals surface area (Å²) >= 11 is 3.51. The van der Waals surface area contributed by atoms with E-state index >= 15 is 0 Å². The Morgan fingerprint density at radius 2 is 2.00 bits per heavy atom. The molecule has 3 nitrogen and oxygen atoms in total. The molecule has 1 heterocycles. The number of aliphatic hydroxyl groups excluding tert-OH is 1. The highest BCUT2D eigenvalue weighted by atomic mass is 79.9. The van der Waals surface area contributed by atoms with Gasteiger partial charge < -0.3 is 10.0 Å². The number of hydrogen-bond acceptors (Lipinski definition) is 2. The van der Waals surface area contributed by atoms with Crippen molar-refractivity contribution in [2.75, 3.05) is 19.7 Å². The maximum absolute atomic E-state index is 12.1. The minimum atomic E-state index is 0.229. The lowest BCUT2D eigenvalue weighted by molar-refractivity contribution is -0.132. The molecule has 0 saturated carbocycles. The van der Waals surface area contributed by atoms with Crippen molar-refractivity contribution in [1.29, 1.82) is 0 Å². The van der Waals surface area contributed by atoms with Crippen LogP contribution >= 0.6 is 15.9 Å². The van der Waals surface area contributed by atoms with Gasteiger partial charge in [0.05, 0.1) is 0 Å². The van der Waals surface area contributed by atoms with Crippen LogP contribution in [0.3, 0.4) is 0 Å². The number of aryl methyl sites for hydroxylation is 1. The molecule has 1 amide bonds. The molecule has 104 valence electrons. The summed E-state index contributed by atoms with van der Waals surface area (Å²) in [5.74, 6) is 0.611. The standard InChI is InChI=1S/C15H20BrNO2/c16-14-4-2-1-3-13(14)5-6-15(19)17-9-7-12(11-18)8-10-17/h1-4,12,18H,5-11H2. The minimum absolute atomic E-state index is 0.229. The van der Waals surface area contributed by atoms with E-state index in [2.05, 4.69) is 22.0 Å². The predicted molar refractivity (Wildman–Crippen MR) is 78.9 cm³/mol. The third-order valence-corrected chi connectivity index (χ3v) is 4.57. The molecule has 1 N–H and O–H groups in total. The van der Waals surface area contributed by atoms with Crippen LogP contribution in [0.1, 0.15) is 24.8 Å². The van der Waals surface area contributed by atoms with E-state index in [0.717, 1.165) is 36.8 Å². The summed E-state index contributed by atoms with van der Waals surface area (Å²) in [6.45, 7) is 1.83. The number of rotatable bonds is 4. The number of amides is 1. The Kier molecular flexibility index (Phi) is 5.40. The maximum atomic E-state index is 12.1. The molecule has 1 aliphatic rings. The van der Waals surface area contributed by atoms with E-state index in [4.69, 9.17) is 5.11 Å². The Morgan fingerprint density at radius 1 is 1.32 bits per heavy atom. The second kappa shape index (κ2) is 7.06. The van der Waals surface area contributed by atoms with E-state index in [9.17, 15) is 4.79 Å². The van der Waals surface area contributed by atoms with Crippen LogP contribution in [0.2, 0.25) is 0 Å². The molecule has 0 atom stereocenters. The van der Waals surface area contributed by atoms with Crippen LogP contribution in [0, 0.1) is 5.92 Å². The van der Waals surface area contributed by atoms with E-state index in [1.54, 1.807) is 0 Å². The molecule has 0 radical (unpaired) electrons. The monoisotopic (exact) mass is 325 g/mol. The molecule has 0 bridgehead atoms. The van der Waals surface area contributed by atoms with Crippen molar-refractivity contribution in [2.45, 2.75) is 25.7 Å². The third-order valence-electron chi connectivity index (χ3n) is 3.79. The molecule has 1 saturated heterocycles. The van der Waals surface area contributed by atoms with Crippen LogP contribution in [0.25, 0.3) is 0 Å². The number of piperidine rings is 1. The van der Waals surface area contributed by atoms with E-state index in [1.165, 1.54) is 5.56 Å². The van der Waals surface area contributed by atoms with Gasteiger partial charge in [0.15, 0.2) is 0 Å². The fourth-order valence-electron chi connectivity index (χ4n) is 2.47. The molecule has 1 fully saturated rings. The lowest BCUT2D eigenvalue weighted by atomic mass is 9.97. The SMILES string of the molecule is O=C(CCc1ccccc1Br)N1CCC(CO)CC1. The van der Waals surface area contributed by atoms with E-state index in [-0.39, 0.29) is 12.5 Å². The second-order valence-corrected chi connectivity index (χ2v) is 5.95. The zero-order valence-corrected chi connectivity index (χ0v) is 12.6. The summed E-state index contributed by atoms with van der Waals surface area (Å²) in [5, 5.41) is 9.09. The van der Waals surface area contributed by atoms with Crippen molar-refractivity contribution in [3.63, 3.8) is 0 Å². The number of carbonyl (C=O) groups excluding carboxylic acids is 1. The first-order valence-electron chi connectivity index (χ1n) is 6.82. The van der Waals surface area contributed by atoms with Crippen molar-refractivity contribution in [3.8, 4) is 0 Å². The second-order valence-electron chi connectivity index (χ2n) is 5.10. The average Bonchev–Trinajstić information content (AvgIpc) is 2.46. The fourth-order valence-corrected chi connectivity index (χ4v) is 2.95. The molecule has 1 aromatic carbocycles. The molecule has 1 aliphatic heterocycles. The van der Waals surface area contributed by atoms with Gasteiger partial charge in [-0.2, -0.15) is 0 Å². The van der Waals surface area contributed by atoms with Crippen molar-refractivity contribution in [2.24, 2.45) is 5.92 Å². The summed E-state index contributed by atoms with van der Waals surface area (Å²) in [5.41, 5.74) is 1.18. The number of benzene rings is 1. The average molecular weight is 326 g/mol. The van der Waals surface area contributed by atoms with Crippen LogP contribution < -0.4 is 0 Å². The minimum Gasteiger partial charge on any atom is -0.396 e. The highest BCUT2D eigenvalue weighted by molar-refractivity contribution is 9.10. The van der Waals surface area contributed by atoms with Gasteiger partial charge in [0.2, 0.25) is 5.91 Å². The Balaban J connectivity index is 1.81. The van der Waals surface area contributed by atoms with Crippen LogP contribution in [0.4, 0.5) is 0 Å². The van der Waals surface area contributed by atoms with E-state index < -0.39 is 0 Å². The third kappa shape index (κ3) is 4.05. The first-order chi connectivity index (χ1) is 9.20. The quantitative estimate of drug-likeness (QED) is 0.924. The van der Waals surface area contributed by atoms with E-state index in [1.807, 2.05) is 23.1 Å². The van der Waals surface area contributed by atoms with Gasteiger partial charge in [-0.25, -0.2) is 0 Å². The van der Waals surface area contributed by atoms with Gasteiger partial charge in [0, 0.05) is 30.6 Å². The highest BCUT2D eigenvalue weighted by Crippen LogP contribution is 2.20. The fraction of sp³-hybridized carbons (Fsp3) is 0.533. The summed E-state index contributed by atoms with van der Waals surface area (Å²) in [7, 11) is 0. The predicted octanol–water partition coefficient (Wildman–Crippen LogP) is 2.61. The number of halogens is 1. The van der Waals surface area contributed by atoms with Gasteiger partial charge in [0.25, 0.3) is 0 Å². The van der Waals surface area contributed by atoms with Crippen LogP contribution in [-0.4, -0.2) is 35.6 Å². The Morgan fingerprint density at radius 3 is 2.63 bits per heavy atom. The topological polar surface area (TPSA) is 40.5 Å². The van der Waals surface area contributed by atoms with Crippen molar-refractivity contribution in [3.05, 3.63) is 34.3 Å². The van der Waals surface area contributed by atoms with Gasteiger partial charge in [-0.05, 0) is 36.8 Å². The summed E-state index contributed by atoms with van der Waals surface area (Å²) in [4.78, 5) is 14.1. The molecule has 0 aromatic heterocycles. The maximum Gasteiger partial charge on any atom is 0.222 e. The van der Waals surface area contributed by atoms with Crippen molar-refractivity contribution < 1.29 is 9.90 Å². The normalized spacial score (nSPS) is 16.6. The molecule has 0 aliphatic carbocycles. The molecule has 4 heteroatoms. The lowest BCUT2D eigenvalue weighted by Gasteiger charge is -2.31. The Hall–Kier alpha value is -0.870. The van der Waals surface area contributed by atoms with Crippen molar-refractivity contribution in [1.82, 2.24) is 4.90 Å². The van der Waals surface area contributed by atoms with Crippen LogP contribution in [-0.2, 0) is 11.2 Å². The molecule has 2 rings (SSSR count). The zero-order chi connectivity index (χ0) is 13.7. The molecule has 19 heavy (non-hydrogen) atoms. The number of hydrogen-bond donors (Lipinski definition) is 1. The lowest BCUT2D eigenvalue weighted by Crippen LogP contribution is -2.39. The molecule has 0 spiro atoms. The number of aliphatic hydroxyl groups is 1. The van der Waals surface area contributed by atoms with Crippen LogP contribution in [0.15, 0.2) is 28.7 Å². The summed E-state index contributed by atoms with van der Waals surface area (Å²) < 4.78 is 1.07. The first-order valence-corrected chi connectivity index (χ1v) is 7.62. The highest BCUT2D eigenvalue weighted by Gasteiger charge is 2.21. The van der Waals surface area contributed by atoms with Gasteiger partial charge in [-0.1, -0.05) is 34.1 Å². The zero-order valence-electron chi connectivity index (χ0n) is 11.0. The molecular weight excluding hydrogens is 306 g/mol. The van der Waals surface area contributed by atoms with Crippen LogP contribution in [0.5, 0.6) is 0 Å². The molecule has 1 aromatic rings. The largest absolute Gasteiger partial charge is 0.396 e. The van der Waals surface area contributed by atoms with Gasteiger partial charge >= 0.3 is 0 Å². The van der Waals surface area contributed by atoms with Gasteiger partial charge in [-0.3, -0.25) is 4.79 Å². The summed E-state index contributed by atoms with van der Waals surface area (Å²) in [6, 6.07) is 8.04. The summed E-state index contributed by atoms with van der Waals surface area (Å²) in [6.07, 6.45) is 3.20.